The first kappa shape index (κ1) is 18.3. The molecule has 2 rings (SSSR count). The van der Waals surface area contributed by atoms with E-state index in [1.54, 1.807) is 0 Å². The van der Waals surface area contributed by atoms with E-state index < -0.39 is 23.6 Å². The minimum atomic E-state index is -4.51. The van der Waals surface area contributed by atoms with Gasteiger partial charge in [-0.15, -0.1) is 12.4 Å². The summed E-state index contributed by atoms with van der Waals surface area (Å²) in [6.45, 7) is 0. The van der Waals surface area contributed by atoms with Crippen LogP contribution in [0.1, 0.15) is 53.1 Å². The van der Waals surface area contributed by atoms with Gasteiger partial charge >= 0.3 is 6.18 Å². The molecule has 1 aliphatic rings. The largest absolute Gasteiger partial charge is 0.416 e. The molecular weight excluding hydrogens is 319 g/mol. The number of hydrogen-bond donors (Lipinski definition) is 3. The Hall–Kier alpha value is -1.76. The van der Waals surface area contributed by atoms with Crippen LogP contribution in [0.2, 0.25) is 0 Å². The number of halogens is 4. The predicted molar refractivity (Wildman–Crippen MR) is 79.3 cm³/mol. The topological polar surface area (TPSA) is 79.0 Å². The summed E-state index contributed by atoms with van der Waals surface area (Å²) in [6.07, 6.45) is -1.18. The van der Waals surface area contributed by atoms with Crippen molar-refractivity contribution >= 4 is 24.3 Å². The average Bonchev–Trinajstić information content (AvgIpc) is 2.89. The van der Waals surface area contributed by atoms with Crippen LogP contribution in [0.3, 0.4) is 0 Å². The van der Waals surface area contributed by atoms with Crippen LogP contribution >= 0.6 is 12.4 Å². The molecule has 0 heterocycles. The van der Waals surface area contributed by atoms with Crippen LogP contribution in [0.25, 0.3) is 0 Å². The number of nitrogens with one attached hydrogen (secondary N) is 2. The van der Waals surface area contributed by atoms with E-state index in [1.165, 1.54) is 12.1 Å². The Kier molecular flexibility index (Phi) is 5.82. The van der Waals surface area contributed by atoms with Crippen LogP contribution in [-0.4, -0.2) is 11.9 Å². The van der Waals surface area contributed by atoms with Crippen LogP contribution in [0.4, 0.5) is 13.2 Å². The van der Waals surface area contributed by atoms with Gasteiger partial charge in [0.05, 0.1) is 5.56 Å². The van der Waals surface area contributed by atoms with E-state index in [0.29, 0.717) is 0 Å². The molecule has 1 aromatic carbocycles. The second-order valence-corrected chi connectivity index (χ2v) is 5.15. The van der Waals surface area contributed by atoms with Crippen molar-refractivity contribution in [3.63, 3.8) is 0 Å². The van der Waals surface area contributed by atoms with Crippen molar-refractivity contribution < 1.29 is 18.0 Å². The summed E-state index contributed by atoms with van der Waals surface area (Å²) in [5.41, 5.74) is 4.34. The molecule has 0 spiro atoms. The molecule has 0 unspecified atom stereocenters. The Balaban J connectivity index is 0.00000242. The molecule has 1 fully saturated rings. The van der Waals surface area contributed by atoms with Crippen LogP contribution in [-0.2, 0) is 6.18 Å². The molecule has 0 bridgehead atoms. The molecular formula is C14H17ClF3N3O. The smallest absolute Gasteiger partial charge is 0.370 e. The fourth-order valence-corrected chi connectivity index (χ4v) is 2.73. The third kappa shape index (κ3) is 4.13. The van der Waals surface area contributed by atoms with Gasteiger partial charge in [0, 0.05) is 5.56 Å². The molecule has 4 N–H and O–H groups in total. The van der Waals surface area contributed by atoms with Gasteiger partial charge in [-0.3, -0.25) is 15.5 Å². The number of hydrogen-bond acceptors (Lipinski definition) is 2. The minimum Gasteiger partial charge on any atom is -0.370 e. The average molecular weight is 336 g/mol. The number of carbonyl (C=O) groups excluding carboxylic acids is 1. The van der Waals surface area contributed by atoms with Crippen molar-refractivity contribution in [2.24, 2.45) is 5.73 Å². The quantitative estimate of drug-likeness (QED) is 0.572. The molecule has 1 saturated carbocycles. The van der Waals surface area contributed by atoms with Gasteiger partial charge in [-0.1, -0.05) is 18.9 Å². The number of alkyl halides is 3. The number of rotatable bonds is 2. The van der Waals surface area contributed by atoms with E-state index in [1.807, 2.05) is 5.32 Å². The van der Waals surface area contributed by atoms with Crippen LogP contribution in [0.15, 0.2) is 18.2 Å². The highest BCUT2D eigenvalue weighted by Crippen LogP contribution is 2.41. The van der Waals surface area contributed by atoms with Crippen LogP contribution in [0, 0.1) is 5.41 Å². The Morgan fingerprint density at radius 2 is 1.86 bits per heavy atom. The zero-order valence-corrected chi connectivity index (χ0v) is 12.5. The van der Waals surface area contributed by atoms with Crippen molar-refractivity contribution in [1.82, 2.24) is 5.32 Å². The lowest BCUT2D eigenvalue weighted by Gasteiger charge is -2.18. The standard InChI is InChI=1S/C14H16F3N3O.ClH/c15-14(16,17)11-7-9(12(21)20-13(18)19)5-6-10(11)8-3-1-2-4-8;/h5-8H,1-4H2,(H4,18,19,20,21);1H. The Labute approximate surface area is 132 Å². The molecule has 0 aromatic heterocycles. The first-order valence-electron chi connectivity index (χ1n) is 6.65. The SMILES string of the molecule is Cl.N=C(N)NC(=O)c1ccc(C2CCCC2)c(C(F)(F)F)c1. The molecule has 0 saturated heterocycles. The van der Waals surface area contributed by atoms with Crippen molar-refractivity contribution in [2.75, 3.05) is 0 Å². The Morgan fingerprint density at radius 3 is 2.36 bits per heavy atom. The number of benzene rings is 1. The molecule has 0 radical (unpaired) electrons. The summed E-state index contributed by atoms with van der Waals surface area (Å²) in [4.78, 5) is 11.7. The van der Waals surface area contributed by atoms with Gasteiger partial charge < -0.3 is 5.73 Å². The first-order valence-corrected chi connectivity index (χ1v) is 6.65. The van der Waals surface area contributed by atoms with Crippen LogP contribution in [0.5, 0.6) is 0 Å². The van der Waals surface area contributed by atoms with Gasteiger partial charge in [0.15, 0.2) is 5.96 Å². The van der Waals surface area contributed by atoms with Gasteiger partial charge in [0.1, 0.15) is 0 Å². The van der Waals surface area contributed by atoms with Gasteiger partial charge in [0.2, 0.25) is 0 Å². The highest BCUT2D eigenvalue weighted by atomic mass is 35.5. The highest BCUT2D eigenvalue weighted by molar-refractivity contribution is 6.04. The maximum absolute atomic E-state index is 13.2. The molecule has 122 valence electrons. The van der Waals surface area contributed by atoms with E-state index in [9.17, 15) is 18.0 Å². The van der Waals surface area contributed by atoms with E-state index in [0.717, 1.165) is 31.7 Å². The third-order valence-electron chi connectivity index (χ3n) is 3.66. The summed E-state index contributed by atoms with van der Waals surface area (Å²) in [6, 6.07) is 3.56. The van der Waals surface area contributed by atoms with E-state index in [-0.39, 0.29) is 29.5 Å². The summed E-state index contributed by atoms with van der Waals surface area (Å²) < 4.78 is 39.6. The van der Waals surface area contributed by atoms with Gasteiger partial charge in [-0.2, -0.15) is 13.2 Å². The molecule has 1 aliphatic carbocycles. The summed E-state index contributed by atoms with van der Waals surface area (Å²) in [7, 11) is 0. The lowest BCUT2D eigenvalue weighted by Crippen LogP contribution is -2.35. The molecule has 22 heavy (non-hydrogen) atoms. The number of nitrogens with two attached hydrogens (primary N) is 1. The highest BCUT2D eigenvalue weighted by Gasteiger charge is 2.36. The number of guanidine groups is 1. The molecule has 0 atom stereocenters. The fraction of sp³-hybridized carbons (Fsp3) is 0.429. The maximum atomic E-state index is 13.2. The van der Waals surface area contributed by atoms with Crippen molar-refractivity contribution in [3.05, 3.63) is 34.9 Å². The molecule has 8 heteroatoms. The Morgan fingerprint density at radius 1 is 1.27 bits per heavy atom. The van der Waals surface area contributed by atoms with E-state index in [4.69, 9.17) is 11.1 Å². The predicted octanol–water partition coefficient (Wildman–Crippen LogP) is 3.41. The molecule has 1 amide bonds. The zero-order valence-electron chi connectivity index (χ0n) is 11.7. The summed E-state index contributed by atoms with van der Waals surface area (Å²) >= 11 is 0. The summed E-state index contributed by atoms with van der Waals surface area (Å²) in [5, 5.41) is 8.93. The fourth-order valence-electron chi connectivity index (χ4n) is 2.73. The van der Waals surface area contributed by atoms with Crippen LogP contribution < -0.4 is 11.1 Å². The number of carbonyl (C=O) groups is 1. The van der Waals surface area contributed by atoms with Crippen molar-refractivity contribution in [1.29, 1.82) is 5.41 Å². The third-order valence-corrected chi connectivity index (χ3v) is 3.66. The minimum absolute atomic E-state index is 0. The van der Waals surface area contributed by atoms with Crippen molar-refractivity contribution in [3.8, 4) is 0 Å². The van der Waals surface area contributed by atoms with Gasteiger partial charge in [-0.25, -0.2) is 0 Å². The van der Waals surface area contributed by atoms with Gasteiger partial charge in [-0.05, 0) is 36.5 Å². The Bertz CT molecular complexity index is 569. The van der Waals surface area contributed by atoms with E-state index >= 15 is 0 Å². The molecule has 4 nitrogen and oxygen atoms in total. The monoisotopic (exact) mass is 335 g/mol. The first-order chi connectivity index (χ1) is 9.79. The van der Waals surface area contributed by atoms with E-state index in [2.05, 4.69) is 0 Å². The lowest BCUT2D eigenvalue weighted by atomic mass is 9.91. The number of amides is 1. The summed E-state index contributed by atoms with van der Waals surface area (Å²) in [5.74, 6) is -1.52. The maximum Gasteiger partial charge on any atom is 0.416 e. The second kappa shape index (κ2) is 7.00. The van der Waals surface area contributed by atoms with Gasteiger partial charge in [0.25, 0.3) is 5.91 Å². The zero-order chi connectivity index (χ0) is 15.6. The second-order valence-electron chi connectivity index (χ2n) is 5.15. The molecule has 1 aromatic rings. The molecule has 0 aliphatic heterocycles. The van der Waals surface area contributed by atoms with Crippen molar-refractivity contribution in [2.45, 2.75) is 37.8 Å². The normalized spacial score (nSPS) is 15.2. The lowest BCUT2D eigenvalue weighted by molar-refractivity contribution is -0.138.